The van der Waals surface area contributed by atoms with Gasteiger partial charge in [0.2, 0.25) is 0 Å². The van der Waals surface area contributed by atoms with Crippen LogP contribution in [0.5, 0.6) is 0 Å². The van der Waals surface area contributed by atoms with Gasteiger partial charge in [-0.3, -0.25) is 4.79 Å². The molecule has 0 aliphatic heterocycles. The van der Waals surface area contributed by atoms with E-state index in [0.717, 1.165) is 0 Å². The number of aliphatic hydroxyl groups excluding tert-OH is 1. The average Bonchev–Trinajstić information content (AvgIpc) is 2.83. The number of rotatable bonds is 4. The van der Waals surface area contributed by atoms with Crippen LogP contribution in [0.3, 0.4) is 0 Å². The van der Waals surface area contributed by atoms with E-state index < -0.39 is 6.10 Å². The fourth-order valence-corrected chi connectivity index (χ4v) is 2.70. The van der Waals surface area contributed by atoms with Crippen LogP contribution < -0.4 is 5.32 Å². The molecule has 0 saturated heterocycles. The van der Waals surface area contributed by atoms with Crippen molar-refractivity contribution in [2.45, 2.75) is 6.10 Å². The summed E-state index contributed by atoms with van der Waals surface area (Å²) in [6.45, 7) is 0.0842. The predicted molar refractivity (Wildman–Crippen MR) is 75.9 cm³/mol. The maximum atomic E-state index is 11.8. The number of hydrogen-bond donors (Lipinski definition) is 2. The van der Waals surface area contributed by atoms with E-state index in [4.69, 9.17) is 23.2 Å². The standard InChI is InChI=1S/C12H10Cl2N2O2S/c13-10-4-3-9(19-10)8(17)6-16-12(18)7-2-1-5-15-11(7)14/h1-5,8,17H,6H2,(H,16,18). The smallest absolute Gasteiger partial charge is 0.254 e. The highest BCUT2D eigenvalue weighted by Crippen LogP contribution is 2.26. The maximum absolute atomic E-state index is 11.8. The highest BCUT2D eigenvalue weighted by Gasteiger charge is 2.14. The molecular formula is C12H10Cl2N2O2S. The van der Waals surface area contributed by atoms with Gasteiger partial charge < -0.3 is 10.4 Å². The summed E-state index contributed by atoms with van der Waals surface area (Å²) in [5.41, 5.74) is 0.278. The van der Waals surface area contributed by atoms with Gasteiger partial charge in [0, 0.05) is 17.6 Å². The largest absolute Gasteiger partial charge is 0.386 e. The van der Waals surface area contributed by atoms with Crippen LogP contribution in [0.25, 0.3) is 0 Å². The second-order valence-corrected chi connectivity index (χ2v) is 5.81. The lowest BCUT2D eigenvalue weighted by Gasteiger charge is -2.10. The molecule has 2 heterocycles. The van der Waals surface area contributed by atoms with Crippen molar-refractivity contribution in [3.63, 3.8) is 0 Å². The van der Waals surface area contributed by atoms with Crippen molar-refractivity contribution in [3.05, 3.63) is 50.4 Å². The van der Waals surface area contributed by atoms with Gasteiger partial charge in [-0.15, -0.1) is 11.3 Å². The number of aliphatic hydroxyl groups is 1. The van der Waals surface area contributed by atoms with E-state index in [0.29, 0.717) is 9.21 Å². The number of carbonyl (C=O) groups excluding carboxylic acids is 1. The molecule has 0 spiro atoms. The fourth-order valence-electron chi connectivity index (χ4n) is 1.45. The van der Waals surface area contributed by atoms with Gasteiger partial charge in [0.05, 0.1) is 9.90 Å². The number of pyridine rings is 1. The maximum Gasteiger partial charge on any atom is 0.254 e. The van der Waals surface area contributed by atoms with Crippen LogP contribution in [0.15, 0.2) is 30.5 Å². The molecule has 1 atom stereocenters. The molecule has 2 aromatic rings. The first kappa shape index (κ1) is 14.3. The summed E-state index contributed by atoms with van der Waals surface area (Å²) in [5.74, 6) is -0.375. The Morgan fingerprint density at radius 3 is 2.84 bits per heavy atom. The average molecular weight is 317 g/mol. The minimum Gasteiger partial charge on any atom is -0.386 e. The minimum absolute atomic E-state index is 0.0842. The second-order valence-electron chi connectivity index (χ2n) is 3.71. The second kappa shape index (κ2) is 6.34. The predicted octanol–water partition coefficient (Wildman–Crippen LogP) is 2.91. The van der Waals surface area contributed by atoms with Crippen LogP contribution in [0, 0.1) is 0 Å². The molecule has 0 fully saturated rings. The van der Waals surface area contributed by atoms with Crippen molar-refractivity contribution in [2.75, 3.05) is 6.54 Å². The Morgan fingerprint density at radius 2 is 2.21 bits per heavy atom. The number of nitrogens with one attached hydrogen (secondary N) is 1. The van der Waals surface area contributed by atoms with E-state index in [9.17, 15) is 9.90 Å². The molecule has 0 radical (unpaired) electrons. The van der Waals surface area contributed by atoms with Crippen LogP contribution in [-0.2, 0) is 0 Å². The minimum atomic E-state index is -0.795. The summed E-state index contributed by atoms with van der Waals surface area (Å²) < 4.78 is 0.593. The summed E-state index contributed by atoms with van der Waals surface area (Å²) in [6.07, 6.45) is 0.707. The van der Waals surface area contributed by atoms with Crippen LogP contribution in [0.1, 0.15) is 21.3 Å². The molecule has 1 amide bonds. The summed E-state index contributed by atoms with van der Waals surface area (Å²) in [5, 5.41) is 12.6. The van der Waals surface area contributed by atoms with E-state index in [2.05, 4.69) is 10.3 Å². The van der Waals surface area contributed by atoms with Crippen molar-refractivity contribution in [2.24, 2.45) is 0 Å². The number of aromatic nitrogens is 1. The van der Waals surface area contributed by atoms with Crippen LogP contribution in [0.4, 0.5) is 0 Å². The molecule has 100 valence electrons. The number of carbonyl (C=O) groups is 1. The fraction of sp³-hybridized carbons (Fsp3) is 0.167. The van der Waals surface area contributed by atoms with Crippen molar-refractivity contribution in [1.29, 1.82) is 0 Å². The van der Waals surface area contributed by atoms with Gasteiger partial charge in [-0.25, -0.2) is 4.98 Å². The van der Waals surface area contributed by atoms with Crippen LogP contribution >= 0.6 is 34.5 Å². The molecule has 0 aliphatic carbocycles. The molecular weight excluding hydrogens is 307 g/mol. The summed E-state index contributed by atoms with van der Waals surface area (Å²) in [7, 11) is 0. The molecule has 2 aromatic heterocycles. The summed E-state index contributed by atoms with van der Waals surface area (Å²) in [6, 6.07) is 6.61. The third-order valence-corrected chi connectivity index (χ3v) is 4.02. The van der Waals surface area contributed by atoms with E-state index in [1.54, 1.807) is 24.3 Å². The first-order valence-electron chi connectivity index (χ1n) is 5.40. The molecule has 0 aliphatic rings. The van der Waals surface area contributed by atoms with Crippen LogP contribution in [-0.4, -0.2) is 22.5 Å². The Labute approximate surface area is 124 Å². The van der Waals surface area contributed by atoms with Crippen molar-refractivity contribution >= 4 is 40.4 Å². The Kier molecular flexibility index (Phi) is 4.76. The van der Waals surface area contributed by atoms with Gasteiger partial charge >= 0.3 is 0 Å². The van der Waals surface area contributed by atoms with E-state index in [1.807, 2.05) is 0 Å². The molecule has 7 heteroatoms. The van der Waals surface area contributed by atoms with Gasteiger partial charge in [0.1, 0.15) is 11.3 Å². The highest BCUT2D eigenvalue weighted by molar-refractivity contribution is 7.16. The van der Waals surface area contributed by atoms with E-state index in [1.165, 1.54) is 17.5 Å². The number of halogens is 2. The zero-order valence-corrected chi connectivity index (χ0v) is 12.0. The lowest BCUT2D eigenvalue weighted by atomic mass is 10.2. The first-order valence-corrected chi connectivity index (χ1v) is 6.97. The molecule has 1 unspecified atom stereocenters. The first-order chi connectivity index (χ1) is 9.08. The van der Waals surface area contributed by atoms with Crippen LogP contribution in [0.2, 0.25) is 9.49 Å². The molecule has 19 heavy (non-hydrogen) atoms. The Morgan fingerprint density at radius 1 is 1.42 bits per heavy atom. The molecule has 4 nitrogen and oxygen atoms in total. The summed E-state index contributed by atoms with van der Waals surface area (Å²) >= 11 is 12.9. The lowest BCUT2D eigenvalue weighted by Crippen LogP contribution is -2.28. The Bertz CT molecular complexity index is 589. The zero-order valence-electron chi connectivity index (χ0n) is 9.64. The SMILES string of the molecule is O=C(NCC(O)c1ccc(Cl)s1)c1cccnc1Cl. The monoisotopic (exact) mass is 316 g/mol. The van der Waals surface area contributed by atoms with E-state index in [-0.39, 0.29) is 23.2 Å². The normalized spacial score (nSPS) is 12.2. The topological polar surface area (TPSA) is 62.2 Å². The number of thiophene rings is 1. The molecule has 2 rings (SSSR count). The van der Waals surface area contributed by atoms with Gasteiger partial charge in [0.25, 0.3) is 5.91 Å². The summed E-state index contributed by atoms with van der Waals surface area (Å²) in [4.78, 5) is 16.3. The Balaban J connectivity index is 1.96. The van der Waals surface area contributed by atoms with Gasteiger partial charge in [-0.05, 0) is 24.3 Å². The third kappa shape index (κ3) is 3.67. The number of hydrogen-bond acceptors (Lipinski definition) is 4. The number of nitrogens with zero attached hydrogens (tertiary/aromatic N) is 1. The van der Waals surface area contributed by atoms with Gasteiger partial charge in [0.15, 0.2) is 0 Å². The van der Waals surface area contributed by atoms with Gasteiger partial charge in [-0.2, -0.15) is 0 Å². The zero-order chi connectivity index (χ0) is 13.8. The molecule has 0 saturated carbocycles. The highest BCUT2D eigenvalue weighted by atomic mass is 35.5. The van der Waals surface area contributed by atoms with Crippen molar-refractivity contribution < 1.29 is 9.90 Å². The van der Waals surface area contributed by atoms with E-state index >= 15 is 0 Å². The number of amides is 1. The quantitative estimate of drug-likeness (QED) is 0.852. The van der Waals surface area contributed by atoms with Crippen molar-refractivity contribution in [3.8, 4) is 0 Å². The third-order valence-electron chi connectivity index (χ3n) is 2.38. The molecule has 2 N–H and O–H groups in total. The molecule has 0 bridgehead atoms. The lowest BCUT2D eigenvalue weighted by molar-refractivity contribution is 0.0918. The van der Waals surface area contributed by atoms with Gasteiger partial charge in [-0.1, -0.05) is 23.2 Å². The molecule has 0 aromatic carbocycles. The Hall–Kier alpha value is -1.14. The van der Waals surface area contributed by atoms with Crippen molar-refractivity contribution in [1.82, 2.24) is 10.3 Å².